The van der Waals surface area contributed by atoms with E-state index in [0.717, 1.165) is 18.7 Å². The zero-order valence-electron chi connectivity index (χ0n) is 6.86. The molecule has 12 heavy (non-hydrogen) atoms. The van der Waals surface area contributed by atoms with Crippen LogP contribution < -0.4 is 0 Å². The summed E-state index contributed by atoms with van der Waals surface area (Å²) in [5.41, 5.74) is 0.924. The van der Waals surface area contributed by atoms with Gasteiger partial charge in [-0.3, -0.25) is 4.79 Å². The molecule has 2 rings (SSSR count). The summed E-state index contributed by atoms with van der Waals surface area (Å²) in [6.07, 6.45) is 2.83. The zero-order chi connectivity index (χ0) is 8.55. The Hall–Kier alpha value is -1.16. The van der Waals surface area contributed by atoms with Crippen molar-refractivity contribution in [3.05, 3.63) is 18.0 Å². The summed E-state index contributed by atoms with van der Waals surface area (Å²) < 4.78 is 6.39. The van der Waals surface area contributed by atoms with Crippen molar-refractivity contribution in [2.75, 3.05) is 6.61 Å². The molecule has 0 aromatic carbocycles. The Labute approximate surface area is 70.1 Å². The Kier molecular flexibility index (Phi) is 1.69. The van der Waals surface area contributed by atoms with Gasteiger partial charge in [0.2, 0.25) is 5.91 Å². The Balaban J connectivity index is 2.06. The highest BCUT2D eigenvalue weighted by Gasteiger charge is 2.23. The second-order valence-electron chi connectivity index (χ2n) is 2.93. The Morgan fingerprint density at radius 2 is 2.67 bits per heavy atom. The smallest absolute Gasteiger partial charge is 0.243 e. The minimum Gasteiger partial charge on any atom is -0.373 e. The van der Waals surface area contributed by atoms with E-state index in [4.69, 9.17) is 4.74 Å². The monoisotopic (exact) mass is 166 g/mol. The minimum atomic E-state index is -0.0574. The van der Waals surface area contributed by atoms with Gasteiger partial charge in [0.1, 0.15) is 0 Å². The molecule has 0 N–H and O–H groups in total. The van der Waals surface area contributed by atoms with E-state index >= 15 is 0 Å². The maximum absolute atomic E-state index is 10.8. The van der Waals surface area contributed by atoms with E-state index in [0.29, 0.717) is 6.10 Å². The Morgan fingerprint density at radius 1 is 1.92 bits per heavy atom. The molecule has 1 aliphatic heterocycles. The first-order valence-electron chi connectivity index (χ1n) is 3.93. The second kappa shape index (κ2) is 2.71. The van der Waals surface area contributed by atoms with Crippen molar-refractivity contribution < 1.29 is 9.53 Å². The number of epoxide rings is 1. The van der Waals surface area contributed by atoms with E-state index in [1.807, 2.05) is 6.07 Å². The lowest BCUT2D eigenvalue weighted by atomic mass is 10.2. The largest absolute Gasteiger partial charge is 0.373 e. The minimum absolute atomic E-state index is 0.0574. The molecule has 0 unspecified atom stereocenters. The van der Waals surface area contributed by atoms with Crippen LogP contribution in [0, 0.1) is 0 Å². The van der Waals surface area contributed by atoms with Gasteiger partial charge >= 0.3 is 0 Å². The lowest BCUT2D eigenvalue weighted by molar-refractivity contribution is 0.0920. The van der Waals surface area contributed by atoms with E-state index < -0.39 is 0 Å². The molecule has 1 saturated heterocycles. The van der Waals surface area contributed by atoms with E-state index in [-0.39, 0.29) is 5.91 Å². The lowest BCUT2D eigenvalue weighted by Gasteiger charge is -1.91. The predicted octanol–water partition coefficient (Wildman–Crippen LogP) is 0.484. The van der Waals surface area contributed by atoms with Gasteiger partial charge in [-0.2, -0.15) is 5.10 Å². The van der Waals surface area contributed by atoms with Crippen molar-refractivity contribution in [1.29, 1.82) is 0 Å². The fourth-order valence-electron chi connectivity index (χ4n) is 1.07. The predicted molar refractivity (Wildman–Crippen MR) is 42.0 cm³/mol. The van der Waals surface area contributed by atoms with Crippen molar-refractivity contribution in [2.24, 2.45) is 0 Å². The fourth-order valence-corrected chi connectivity index (χ4v) is 1.07. The summed E-state index contributed by atoms with van der Waals surface area (Å²) in [6, 6.07) is 1.85. The first-order valence-corrected chi connectivity index (χ1v) is 3.93. The maximum Gasteiger partial charge on any atom is 0.243 e. The van der Waals surface area contributed by atoms with Crippen LogP contribution in [0.4, 0.5) is 0 Å². The zero-order valence-corrected chi connectivity index (χ0v) is 6.86. The van der Waals surface area contributed by atoms with Gasteiger partial charge < -0.3 is 4.74 Å². The second-order valence-corrected chi connectivity index (χ2v) is 2.93. The lowest BCUT2D eigenvalue weighted by Crippen LogP contribution is -2.06. The van der Waals surface area contributed by atoms with Gasteiger partial charge in [0.05, 0.1) is 18.4 Å². The van der Waals surface area contributed by atoms with Crippen LogP contribution in [0.1, 0.15) is 17.4 Å². The SMILES string of the molecule is CC(=O)n1ccc(C[C@H]2CO2)n1. The van der Waals surface area contributed by atoms with E-state index in [1.165, 1.54) is 11.6 Å². The molecule has 1 fully saturated rings. The van der Waals surface area contributed by atoms with Gasteiger partial charge in [0.25, 0.3) is 0 Å². The summed E-state index contributed by atoms with van der Waals surface area (Å²) in [5, 5.41) is 4.08. The van der Waals surface area contributed by atoms with Crippen LogP contribution in [-0.4, -0.2) is 28.4 Å². The highest BCUT2D eigenvalue weighted by Crippen LogP contribution is 2.14. The number of carbonyl (C=O) groups is 1. The van der Waals surface area contributed by atoms with Crippen LogP contribution in [0.5, 0.6) is 0 Å². The molecule has 1 aliphatic rings. The van der Waals surface area contributed by atoms with Crippen LogP contribution in [0.3, 0.4) is 0 Å². The third kappa shape index (κ3) is 1.53. The molecule has 0 amide bonds. The summed E-state index contributed by atoms with van der Waals surface area (Å²) in [4.78, 5) is 10.8. The molecule has 0 saturated carbocycles. The quantitative estimate of drug-likeness (QED) is 0.600. The Bertz CT molecular complexity index is 302. The van der Waals surface area contributed by atoms with Crippen molar-refractivity contribution in [2.45, 2.75) is 19.4 Å². The van der Waals surface area contributed by atoms with Gasteiger partial charge in [-0.1, -0.05) is 0 Å². The topological polar surface area (TPSA) is 47.4 Å². The van der Waals surface area contributed by atoms with Crippen molar-refractivity contribution in [3.8, 4) is 0 Å². The van der Waals surface area contributed by atoms with E-state index in [1.54, 1.807) is 6.20 Å². The maximum atomic E-state index is 10.8. The molecule has 0 spiro atoms. The summed E-state index contributed by atoms with van der Waals surface area (Å²) in [5.74, 6) is -0.0574. The molecule has 0 aliphatic carbocycles. The molecule has 0 radical (unpaired) electrons. The van der Waals surface area contributed by atoms with Crippen LogP contribution >= 0.6 is 0 Å². The summed E-state index contributed by atoms with van der Waals surface area (Å²) in [6.45, 7) is 2.32. The van der Waals surface area contributed by atoms with Gasteiger partial charge in [0.15, 0.2) is 0 Å². The van der Waals surface area contributed by atoms with Crippen molar-refractivity contribution in [1.82, 2.24) is 9.78 Å². The van der Waals surface area contributed by atoms with Crippen molar-refractivity contribution in [3.63, 3.8) is 0 Å². The van der Waals surface area contributed by atoms with Gasteiger partial charge in [-0.15, -0.1) is 0 Å². The molecular formula is C8H10N2O2. The van der Waals surface area contributed by atoms with Gasteiger partial charge in [0, 0.05) is 19.5 Å². The third-order valence-electron chi connectivity index (χ3n) is 1.81. The van der Waals surface area contributed by atoms with Crippen LogP contribution in [-0.2, 0) is 11.2 Å². The molecular weight excluding hydrogens is 156 g/mol. The number of aromatic nitrogens is 2. The average Bonchev–Trinajstić information content (AvgIpc) is 2.66. The summed E-state index contributed by atoms with van der Waals surface area (Å²) in [7, 11) is 0. The fraction of sp³-hybridized carbons (Fsp3) is 0.500. The van der Waals surface area contributed by atoms with Crippen LogP contribution in [0.2, 0.25) is 0 Å². The molecule has 1 aromatic rings. The van der Waals surface area contributed by atoms with E-state index in [2.05, 4.69) is 5.10 Å². The average molecular weight is 166 g/mol. The molecule has 64 valence electrons. The first kappa shape index (κ1) is 7.49. The highest BCUT2D eigenvalue weighted by molar-refractivity contribution is 5.74. The number of hydrogen-bond acceptors (Lipinski definition) is 3. The van der Waals surface area contributed by atoms with Gasteiger partial charge in [-0.25, -0.2) is 4.68 Å². The molecule has 1 aromatic heterocycles. The molecule has 1 atom stereocenters. The molecule has 2 heterocycles. The highest BCUT2D eigenvalue weighted by atomic mass is 16.6. The Morgan fingerprint density at radius 3 is 3.17 bits per heavy atom. The summed E-state index contributed by atoms with van der Waals surface area (Å²) >= 11 is 0. The number of carbonyl (C=O) groups excluding carboxylic acids is 1. The molecule has 0 bridgehead atoms. The van der Waals surface area contributed by atoms with Crippen LogP contribution in [0.25, 0.3) is 0 Å². The number of hydrogen-bond donors (Lipinski definition) is 0. The van der Waals surface area contributed by atoms with Gasteiger partial charge in [-0.05, 0) is 6.07 Å². The van der Waals surface area contributed by atoms with Crippen LogP contribution in [0.15, 0.2) is 12.3 Å². The number of ether oxygens (including phenoxy) is 1. The van der Waals surface area contributed by atoms with Crippen molar-refractivity contribution >= 4 is 5.91 Å². The normalized spacial score (nSPS) is 20.9. The molecule has 4 heteroatoms. The number of rotatable bonds is 2. The number of nitrogens with zero attached hydrogens (tertiary/aromatic N) is 2. The third-order valence-corrected chi connectivity index (χ3v) is 1.81. The first-order chi connectivity index (χ1) is 5.75. The van der Waals surface area contributed by atoms with E-state index in [9.17, 15) is 4.79 Å². The molecule has 4 nitrogen and oxygen atoms in total. The standard InChI is InChI=1S/C8H10N2O2/c1-6(11)10-3-2-7(9-10)4-8-5-12-8/h2-3,8H,4-5H2,1H3/t8-/m0/s1.